The van der Waals surface area contributed by atoms with E-state index in [1.54, 1.807) is 0 Å². The average Bonchev–Trinajstić information content (AvgIpc) is 2.94. The van der Waals surface area contributed by atoms with E-state index in [0.717, 1.165) is 45.9 Å². The highest BCUT2D eigenvalue weighted by molar-refractivity contribution is 5.07. The molecule has 6 nitrogen and oxygen atoms in total. The van der Waals surface area contributed by atoms with Crippen LogP contribution >= 0.6 is 0 Å². The number of rotatable bonds is 9. The zero-order valence-electron chi connectivity index (χ0n) is 12.7. The Morgan fingerprint density at radius 2 is 1.81 bits per heavy atom. The number of aromatic nitrogens is 1. The molecule has 0 unspecified atom stereocenters. The summed E-state index contributed by atoms with van der Waals surface area (Å²) in [6.07, 6.45) is 2.10. The smallest absolute Gasteiger partial charge is 0.0594 e. The molecule has 2 N–H and O–H groups in total. The fourth-order valence-electron chi connectivity index (χ4n) is 2.67. The van der Waals surface area contributed by atoms with Crippen molar-refractivity contribution in [3.8, 4) is 0 Å². The zero-order valence-corrected chi connectivity index (χ0v) is 12.7. The molecule has 0 bridgehead atoms. The van der Waals surface area contributed by atoms with E-state index in [4.69, 9.17) is 14.9 Å². The second-order valence-electron chi connectivity index (χ2n) is 5.37. The standard InChI is InChI=1S/C15H27N3O3/c19-10-6-17(7-11-20)14-15-2-1-3-18(15)5-4-16-8-12-21-13-9-16/h1-3,19-20H,4-14H2. The highest BCUT2D eigenvalue weighted by Crippen LogP contribution is 2.08. The van der Waals surface area contributed by atoms with Gasteiger partial charge in [-0.2, -0.15) is 0 Å². The maximum atomic E-state index is 9.09. The highest BCUT2D eigenvalue weighted by Gasteiger charge is 2.12. The van der Waals surface area contributed by atoms with Gasteiger partial charge in [0.1, 0.15) is 0 Å². The number of ether oxygens (including phenoxy) is 1. The van der Waals surface area contributed by atoms with Crippen LogP contribution in [0.5, 0.6) is 0 Å². The number of morpholine rings is 1. The van der Waals surface area contributed by atoms with Gasteiger partial charge in [0.15, 0.2) is 0 Å². The Balaban J connectivity index is 1.84. The Morgan fingerprint density at radius 1 is 1.10 bits per heavy atom. The van der Waals surface area contributed by atoms with Crippen LogP contribution in [0.2, 0.25) is 0 Å². The molecule has 0 amide bonds. The molecule has 0 saturated carbocycles. The minimum atomic E-state index is 0.120. The van der Waals surface area contributed by atoms with E-state index in [2.05, 4.69) is 32.7 Å². The van der Waals surface area contributed by atoms with Gasteiger partial charge in [-0.05, 0) is 12.1 Å². The molecule has 0 atom stereocenters. The summed E-state index contributed by atoms with van der Waals surface area (Å²) in [7, 11) is 0. The first kappa shape index (κ1) is 16.5. The summed E-state index contributed by atoms with van der Waals surface area (Å²) in [4.78, 5) is 4.49. The Labute approximate surface area is 126 Å². The minimum Gasteiger partial charge on any atom is -0.395 e. The molecule has 2 rings (SSSR count). The molecule has 1 aromatic heterocycles. The first-order valence-corrected chi connectivity index (χ1v) is 7.71. The molecule has 1 fully saturated rings. The lowest BCUT2D eigenvalue weighted by atomic mass is 10.3. The van der Waals surface area contributed by atoms with Gasteiger partial charge in [-0.3, -0.25) is 9.80 Å². The number of aliphatic hydroxyl groups excluding tert-OH is 2. The van der Waals surface area contributed by atoms with E-state index in [1.165, 1.54) is 5.69 Å². The number of nitrogens with zero attached hydrogens (tertiary/aromatic N) is 3. The third-order valence-electron chi connectivity index (χ3n) is 3.90. The van der Waals surface area contributed by atoms with Crippen LogP contribution in [0.1, 0.15) is 5.69 Å². The van der Waals surface area contributed by atoms with Gasteiger partial charge in [-0.1, -0.05) is 0 Å². The van der Waals surface area contributed by atoms with Crippen molar-refractivity contribution in [2.75, 3.05) is 59.2 Å². The summed E-state index contributed by atoms with van der Waals surface area (Å²) in [5.74, 6) is 0. The van der Waals surface area contributed by atoms with Crippen molar-refractivity contribution in [2.45, 2.75) is 13.1 Å². The van der Waals surface area contributed by atoms with Gasteiger partial charge in [0.2, 0.25) is 0 Å². The van der Waals surface area contributed by atoms with Gasteiger partial charge in [-0.25, -0.2) is 0 Å². The normalized spacial score (nSPS) is 16.7. The van der Waals surface area contributed by atoms with Crippen molar-refractivity contribution in [3.05, 3.63) is 24.0 Å². The Hall–Kier alpha value is -0.920. The van der Waals surface area contributed by atoms with Crippen LogP contribution in [0.4, 0.5) is 0 Å². The zero-order chi connectivity index (χ0) is 14.9. The molecule has 120 valence electrons. The summed E-state index contributed by atoms with van der Waals surface area (Å²) in [5, 5.41) is 18.2. The molecule has 0 aromatic carbocycles. The van der Waals surface area contributed by atoms with Crippen molar-refractivity contribution in [2.24, 2.45) is 0 Å². The first-order chi connectivity index (χ1) is 10.3. The lowest BCUT2D eigenvalue weighted by Crippen LogP contribution is -2.38. The monoisotopic (exact) mass is 297 g/mol. The number of hydrogen-bond donors (Lipinski definition) is 2. The first-order valence-electron chi connectivity index (χ1n) is 7.71. The molecular weight excluding hydrogens is 270 g/mol. The van der Waals surface area contributed by atoms with Crippen LogP contribution in [0.25, 0.3) is 0 Å². The molecule has 1 aromatic rings. The lowest BCUT2D eigenvalue weighted by molar-refractivity contribution is 0.0362. The summed E-state index contributed by atoms with van der Waals surface area (Å²) >= 11 is 0. The Bertz CT molecular complexity index is 385. The van der Waals surface area contributed by atoms with E-state index in [9.17, 15) is 0 Å². The largest absolute Gasteiger partial charge is 0.395 e. The topological polar surface area (TPSA) is 61.1 Å². The predicted octanol–water partition coefficient (Wildman–Crippen LogP) is -0.393. The van der Waals surface area contributed by atoms with Crippen LogP contribution in [0, 0.1) is 0 Å². The Morgan fingerprint density at radius 3 is 2.48 bits per heavy atom. The van der Waals surface area contributed by atoms with Gasteiger partial charge in [-0.15, -0.1) is 0 Å². The van der Waals surface area contributed by atoms with E-state index >= 15 is 0 Å². The van der Waals surface area contributed by atoms with Crippen molar-refractivity contribution in [1.82, 2.24) is 14.4 Å². The van der Waals surface area contributed by atoms with Crippen LogP contribution < -0.4 is 0 Å². The second-order valence-corrected chi connectivity index (χ2v) is 5.37. The summed E-state index contributed by atoms with van der Waals surface area (Å²) in [6, 6.07) is 4.17. The average molecular weight is 297 g/mol. The third-order valence-corrected chi connectivity index (χ3v) is 3.90. The summed E-state index contributed by atoms with van der Waals surface area (Å²) in [5.41, 5.74) is 1.23. The quantitative estimate of drug-likeness (QED) is 0.650. The van der Waals surface area contributed by atoms with Crippen LogP contribution in [-0.4, -0.2) is 83.7 Å². The van der Waals surface area contributed by atoms with Gasteiger partial charge in [0, 0.05) is 57.7 Å². The minimum absolute atomic E-state index is 0.120. The van der Waals surface area contributed by atoms with Crippen LogP contribution in [0.3, 0.4) is 0 Å². The molecule has 2 heterocycles. The fraction of sp³-hybridized carbons (Fsp3) is 0.733. The molecule has 21 heavy (non-hydrogen) atoms. The molecule has 0 aliphatic carbocycles. The van der Waals surface area contributed by atoms with E-state index in [0.29, 0.717) is 13.1 Å². The fourth-order valence-corrected chi connectivity index (χ4v) is 2.67. The molecule has 6 heteroatoms. The Kier molecular flexibility index (Phi) is 7.18. The van der Waals surface area contributed by atoms with Gasteiger partial charge >= 0.3 is 0 Å². The third kappa shape index (κ3) is 5.41. The summed E-state index contributed by atoms with van der Waals surface area (Å²) < 4.78 is 7.63. The van der Waals surface area contributed by atoms with Crippen LogP contribution in [0.15, 0.2) is 18.3 Å². The maximum absolute atomic E-state index is 9.09. The molecular formula is C15H27N3O3. The molecule has 0 radical (unpaired) electrons. The lowest BCUT2D eigenvalue weighted by Gasteiger charge is -2.27. The van der Waals surface area contributed by atoms with Crippen molar-refractivity contribution >= 4 is 0 Å². The molecule has 1 saturated heterocycles. The SMILES string of the molecule is OCCN(CCO)Cc1cccn1CCN1CCOCC1. The molecule has 1 aliphatic heterocycles. The number of hydrogen-bond acceptors (Lipinski definition) is 5. The van der Waals surface area contributed by atoms with Crippen molar-refractivity contribution in [3.63, 3.8) is 0 Å². The second kappa shape index (κ2) is 9.17. The van der Waals surface area contributed by atoms with E-state index in [-0.39, 0.29) is 13.2 Å². The van der Waals surface area contributed by atoms with Crippen molar-refractivity contribution < 1.29 is 14.9 Å². The molecule has 1 aliphatic rings. The number of aliphatic hydroxyl groups is 2. The van der Waals surface area contributed by atoms with Crippen molar-refractivity contribution in [1.29, 1.82) is 0 Å². The van der Waals surface area contributed by atoms with Gasteiger partial charge in [0.25, 0.3) is 0 Å². The van der Waals surface area contributed by atoms with E-state index < -0.39 is 0 Å². The van der Waals surface area contributed by atoms with E-state index in [1.807, 2.05) is 0 Å². The highest BCUT2D eigenvalue weighted by atomic mass is 16.5. The van der Waals surface area contributed by atoms with Gasteiger partial charge < -0.3 is 19.5 Å². The summed E-state index contributed by atoms with van der Waals surface area (Å²) in [6.45, 7) is 7.87. The maximum Gasteiger partial charge on any atom is 0.0594 e. The van der Waals surface area contributed by atoms with Gasteiger partial charge in [0.05, 0.1) is 26.4 Å². The van der Waals surface area contributed by atoms with Crippen LogP contribution in [-0.2, 0) is 17.8 Å². The molecule has 0 spiro atoms. The predicted molar refractivity (Wildman–Crippen MR) is 81.1 cm³/mol.